The molecule has 0 saturated heterocycles. The van der Waals surface area contributed by atoms with Crippen molar-refractivity contribution in [1.29, 1.82) is 0 Å². The number of carbonyl (C=O) groups excluding carboxylic acids is 1. The van der Waals surface area contributed by atoms with E-state index in [9.17, 15) is 4.79 Å². The number of hydrogen-bond acceptors (Lipinski definition) is 1. The summed E-state index contributed by atoms with van der Waals surface area (Å²) in [5, 5.41) is 0. The van der Waals surface area contributed by atoms with E-state index in [0.717, 1.165) is 31.2 Å². The molecule has 1 saturated carbocycles. The first-order chi connectivity index (χ1) is 16.0. The maximum atomic E-state index is 11.9. The van der Waals surface area contributed by atoms with Crippen molar-refractivity contribution in [3.63, 3.8) is 0 Å². The molecule has 0 heterocycles. The molecular weight excluding hydrogens is 402 g/mol. The van der Waals surface area contributed by atoms with Crippen LogP contribution < -0.4 is 0 Å². The summed E-state index contributed by atoms with van der Waals surface area (Å²) in [6, 6.07) is 18.2. The van der Waals surface area contributed by atoms with E-state index in [1.54, 1.807) is 11.8 Å². The minimum absolute atomic E-state index is 0.0359. The average Bonchev–Trinajstić information content (AvgIpc) is 2.84. The second-order valence-electron chi connectivity index (χ2n) is 10.1. The van der Waals surface area contributed by atoms with Crippen molar-refractivity contribution < 1.29 is 4.79 Å². The van der Waals surface area contributed by atoms with E-state index >= 15 is 0 Å². The average molecular weight is 446 g/mol. The van der Waals surface area contributed by atoms with Gasteiger partial charge in [0.1, 0.15) is 0 Å². The van der Waals surface area contributed by atoms with Crippen molar-refractivity contribution in [2.75, 3.05) is 13.6 Å². The van der Waals surface area contributed by atoms with Crippen molar-refractivity contribution in [3.05, 3.63) is 71.8 Å². The van der Waals surface area contributed by atoms with Gasteiger partial charge in [0.2, 0.25) is 5.91 Å². The van der Waals surface area contributed by atoms with E-state index in [1.165, 1.54) is 73.6 Å². The molecule has 0 atom stereocenters. The Labute approximate surface area is 202 Å². The molecule has 0 unspecified atom stereocenters. The SMILES string of the molecule is C=C(C)C(=O)N(C)CCCc1ccc(-c2ccc(C3CCC(CCCCC)CC3)cc2)cc1. The number of likely N-dealkylation sites (N-methyl/N-ethyl adjacent to an activating group) is 1. The van der Waals surface area contributed by atoms with Crippen LogP contribution in [0.3, 0.4) is 0 Å². The molecular formula is C31H43NO. The molecule has 1 aliphatic rings. The van der Waals surface area contributed by atoms with Crippen LogP contribution in [0.2, 0.25) is 0 Å². The van der Waals surface area contributed by atoms with Gasteiger partial charge in [-0.15, -0.1) is 0 Å². The molecule has 1 amide bonds. The van der Waals surface area contributed by atoms with Gasteiger partial charge in [-0.25, -0.2) is 0 Å². The number of nitrogens with zero attached hydrogens (tertiary/aromatic N) is 1. The molecule has 178 valence electrons. The predicted molar refractivity (Wildman–Crippen MR) is 141 cm³/mol. The maximum absolute atomic E-state index is 11.9. The molecule has 0 bridgehead atoms. The van der Waals surface area contributed by atoms with Gasteiger partial charge >= 0.3 is 0 Å². The van der Waals surface area contributed by atoms with E-state index in [4.69, 9.17) is 0 Å². The van der Waals surface area contributed by atoms with Gasteiger partial charge in [-0.1, -0.05) is 87.7 Å². The number of unbranched alkanes of at least 4 members (excludes halogenated alkanes) is 2. The van der Waals surface area contributed by atoms with E-state index in [1.807, 2.05) is 7.05 Å². The van der Waals surface area contributed by atoms with Crippen LogP contribution in [0.5, 0.6) is 0 Å². The molecule has 2 aromatic rings. The van der Waals surface area contributed by atoms with Crippen molar-refractivity contribution in [1.82, 2.24) is 4.90 Å². The van der Waals surface area contributed by atoms with Crippen LogP contribution >= 0.6 is 0 Å². The van der Waals surface area contributed by atoms with E-state index in [2.05, 4.69) is 62.0 Å². The smallest absolute Gasteiger partial charge is 0.248 e. The van der Waals surface area contributed by atoms with Crippen LogP contribution in [-0.2, 0) is 11.2 Å². The summed E-state index contributed by atoms with van der Waals surface area (Å²) in [4.78, 5) is 13.7. The molecule has 1 aliphatic carbocycles. The zero-order chi connectivity index (χ0) is 23.6. The highest BCUT2D eigenvalue weighted by atomic mass is 16.2. The molecule has 2 nitrogen and oxygen atoms in total. The van der Waals surface area contributed by atoms with Crippen LogP contribution in [-0.4, -0.2) is 24.4 Å². The highest BCUT2D eigenvalue weighted by Gasteiger charge is 2.22. The zero-order valence-electron chi connectivity index (χ0n) is 21.1. The van der Waals surface area contributed by atoms with E-state index < -0.39 is 0 Å². The quantitative estimate of drug-likeness (QED) is 0.252. The molecule has 0 aromatic heterocycles. The van der Waals surface area contributed by atoms with E-state index in [-0.39, 0.29) is 5.91 Å². The third-order valence-electron chi connectivity index (χ3n) is 7.40. The Bertz CT molecular complexity index is 872. The monoisotopic (exact) mass is 445 g/mol. The van der Waals surface area contributed by atoms with Gasteiger partial charge in [0.25, 0.3) is 0 Å². The van der Waals surface area contributed by atoms with Gasteiger partial charge < -0.3 is 4.90 Å². The van der Waals surface area contributed by atoms with Crippen LogP contribution in [0, 0.1) is 5.92 Å². The van der Waals surface area contributed by atoms with Gasteiger partial charge in [0, 0.05) is 19.2 Å². The Kier molecular flexibility index (Phi) is 9.78. The van der Waals surface area contributed by atoms with Crippen LogP contribution in [0.15, 0.2) is 60.7 Å². The van der Waals surface area contributed by atoms with Crippen molar-refractivity contribution in [3.8, 4) is 11.1 Å². The number of amides is 1. The molecule has 3 rings (SSSR count). The Morgan fingerprint density at radius 3 is 2.09 bits per heavy atom. The molecule has 2 aromatic carbocycles. The molecule has 0 spiro atoms. The summed E-state index contributed by atoms with van der Waals surface area (Å²) < 4.78 is 0. The first kappa shape index (κ1) is 25.3. The number of aryl methyl sites for hydroxylation is 1. The lowest BCUT2D eigenvalue weighted by Crippen LogP contribution is -2.28. The summed E-state index contributed by atoms with van der Waals surface area (Å²) in [7, 11) is 1.85. The Hall–Kier alpha value is -2.35. The highest BCUT2D eigenvalue weighted by molar-refractivity contribution is 5.91. The fraction of sp³-hybridized carbons (Fsp3) is 0.516. The van der Waals surface area contributed by atoms with Crippen molar-refractivity contribution in [2.45, 2.75) is 84.0 Å². The van der Waals surface area contributed by atoms with Gasteiger partial charge in [0.15, 0.2) is 0 Å². The lowest BCUT2D eigenvalue weighted by atomic mass is 9.77. The van der Waals surface area contributed by atoms with Gasteiger partial charge in [-0.05, 0) is 79.5 Å². The largest absolute Gasteiger partial charge is 0.342 e. The summed E-state index contributed by atoms with van der Waals surface area (Å²) >= 11 is 0. The fourth-order valence-electron chi connectivity index (χ4n) is 5.23. The second-order valence-corrected chi connectivity index (χ2v) is 10.1. The minimum Gasteiger partial charge on any atom is -0.342 e. The Morgan fingerprint density at radius 1 is 0.909 bits per heavy atom. The first-order valence-corrected chi connectivity index (χ1v) is 13.1. The third-order valence-corrected chi connectivity index (χ3v) is 7.40. The third kappa shape index (κ3) is 7.59. The van der Waals surface area contributed by atoms with Gasteiger partial charge in [0.05, 0.1) is 0 Å². The summed E-state index contributed by atoms with van der Waals surface area (Å²) in [6.07, 6.45) is 13.1. The summed E-state index contributed by atoms with van der Waals surface area (Å²) in [5.41, 5.74) is 6.02. The molecule has 0 N–H and O–H groups in total. The molecule has 0 aliphatic heterocycles. The lowest BCUT2D eigenvalue weighted by molar-refractivity contribution is -0.125. The highest BCUT2D eigenvalue weighted by Crippen LogP contribution is 2.38. The second kappa shape index (κ2) is 12.8. The Balaban J connectivity index is 1.47. The number of carbonyl (C=O) groups is 1. The standard InChI is InChI=1S/C31H43NO/c1-5-6-7-9-25-11-15-27(16-12-25)29-19-21-30(22-20-29)28-17-13-26(14-18-28)10-8-23-32(4)31(33)24(2)3/h13-14,17-22,25,27H,2,5-12,15-16,23H2,1,3-4H3. The normalized spacial score (nSPS) is 18.2. The zero-order valence-corrected chi connectivity index (χ0v) is 21.1. The van der Waals surface area contributed by atoms with Crippen LogP contribution in [0.25, 0.3) is 11.1 Å². The maximum Gasteiger partial charge on any atom is 0.248 e. The topological polar surface area (TPSA) is 20.3 Å². The number of benzene rings is 2. The van der Waals surface area contributed by atoms with E-state index in [0.29, 0.717) is 5.57 Å². The van der Waals surface area contributed by atoms with Crippen molar-refractivity contribution in [2.24, 2.45) is 5.92 Å². The van der Waals surface area contributed by atoms with Gasteiger partial charge in [-0.2, -0.15) is 0 Å². The lowest BCUT2D eigenvalue weighted by Gasteiger charge is -2.29. The molecule has 33 heavy (non-hydrogen) atoms. The fourth-order valence-corrected chi connectivity index (χ4v) is 5.23. The van der Waals surface area contributed by atoms with Crippen molar-refractivity contribution >= 4 is 5.91 Å². The molecule has 1 fully saturated rings. The number of hydrogen-bond donors (Lipinski definition) is 0. The predicted octanol–water partition coefficient (Wildman–Crippen LogP) is 8.17. The van der Waals surface area contributed by atoms with Gasteiger partial charge in [-0.3, -0.25) is 4.79 Å². The Morgan fingerprint density at radius 2 is 1.52 bits per heavy atom. The first-order valence-electron chi connectivity index (χ1n) is 13.1. The van der Waals surface area contributed by atoms with Crippen LogP contribution in [0.4, 0.5) is 0 Å². The summed E-state index contributed by atoms with van der Waals surface area (Å²) in [6.45, 7) is 8.56. The number of rotatable bonds is 11. The minimum atomic E-state index is 0.0359. The summed E-state index contributed by atoms with van der Waals surface area (Å²) in [5.74, 6) is 1.75. The molecule has 2 heteroatoms. The van der Waals surface area contributed by atoms with Crippen LogP contribution in [0.1, 0.15) is 88.7 Å². The molecule has 0 radical (unpaired) electrons.